The van der Waals surface area contributed by atoms with Crippen molar-refractivity contribution in [2.45, 2.75) is 24.2 Å². The first-order valence-electron chi connectivity index (χ1n) is 6.66. The summed E-state index contributed by atoms with van der Waals surface area (Å²) in [5.74, 6) is 0. The second kappa shape index (κ2) is 6.36. The fourth-order valence-electron chi connectivity index (χ4n) is 2.32. The van der Waals surface area contributed by atoms with Gasteiger partial charge in [0.1, 0.15) is 4.90 Å². The summed E-state index contributed by atoms with van der Waals surface area (Å²) in [6.45, 7) is 3.31. The molecule has 1 saturated heterocycles. The van der Waals surface area contributed by atoms with Crippen molar-refractivity contribution in [3.05, 3.63) is 24.3 Å². The number of benzene rings is 1. The normalized spacial score (nSPS) is 17.5. The van der Waals surface area contributed by atoms with Gasteiger partial charge in [-0.3, -0.25) is 0 Å². The first-order valence-corrected chi connectivity index (χ1v) is 8.14. The Labute approximate surface area is 114 Å². The quantitative estimate of drug-likeness (QED) is 0.792. The molecule has 1 aliphatic rings. The van der Waals surface area contributed by atoms with E-state index in [9.17, 15) is 8.42 Å². The maximum absolute atomic E-state index is 12.1. The van der Waals surface area contributed by atoms with Crippen LogP contribution in [0.5, 0.6) is 0 Å². The third-order valence-electron chi connectivity index (χ3n) is 3.38. The smallest absolute Gasteiger partial charge is 0.242 e. The molecule has 5 nitrogen and oxygen atoms in total. The molecule has 0 spiro atoms. The lowest BCUT2D eigenvalue weighted by molar-refractivity contribution is 0.233. The number of nitrogens with two attached hydrogens (primary N) is 1. The Morgan fingerprint density at radius 1 is 1.16 bits per heavy atom. The van der Waals surface area contributed by atoms with Crippen LogP contribution in [0, 0.1) is 0 Å². The third kappa shape index (κ3) is 3.92. The van der Waals surface area contributed by atoms with E-state index in [1.807, 2.05) is 0 Å². The summed E-state index contributed by atoms with van der Waals surface area (Å²) in [6.07, 6.45) is 3.69. The Morgan fingerprint density at radius 2 is 1.84 bits per heavy atom. The van der Waals surface area contributed by atoms with Crippen molar-refractivity contribution in [3.8, 4) is 0 Å². The van der Waals surface area contributed by atoms with Gasteiger partial charge in [-0.05, 0) is 38.1 Å². The van der Waals surface area contributed by atoms with Gasteiger partial charge in [-0.25, -0.2) is 13.1 Å². The van der Waals surface area contributed by atoms with Gasteiger partial charge >= 0.3 is 0 Å². The Hall–Kier alpha value is -1.11. The predicted octanol–water partition coefficient (Wildman–Crippen LogP) is 1.03. The van der Waals surface area contributed by atoms with Crippen LogP contribution in [0.2, 0.25) is 0 Å². The van der Waals surface area contributed by atoms with Gasteiger partial charge in [0.05, 0.1) is 5.69 Å². The standard InChI is InChI=1S/C13H21N3O2S/c14-12-6-2-3-7-13(12)19(17,18)15-8-11-16-9-4-1-5-10-16/h2-3,6-7,15H,1,4-5,8-11,14H2. The number of rotatable bonds is 5. The van der Waals surface area contributed by atoms with Gasteiger partial charge in [0, 0.05) is 13.1 Å². The molecule has 1 fully saturated rings. The van der Waals surface area contributed by atoms with Crippen molar-refractivity contribution in [2.75, 3.05) is 31.9 Å². The van der Waals surface area contributed by atoms with E-state index >= 15 is 0 Å². The highest BCUT2D eigenvalue weighted by Gasteiger charge is 2.17. The number of nitrogen functional groups attached to an aromatic ring is 1. The van der Waals surface area contributed by atoms with Crippen LogP contribution in [-0.4, -0.2) is 39.5 Å². The molecule has 0 radical (unpaired) electrons. The molecule has 3 N–H and O–H groups in total. The zero-order chi connectivity index (χ0) is 13.7. The molecule has 0 unspecified atom stereocenters. The monoisotopic (exact) mass is 283 g/mol. The molecule has 0 amide bonds. The van der Waals surface area contributed by atoms with E-state index in [1.54, 1.807) is 18.2 Å². The number of likely N-dealkylation sites (tertiary alicyclic amines) is 1. The number of hydrogen-bond donors (Lipinski definition) is 2. The number of nitrogens with zero attached hydrogens (tertiary/aromatic N) is 1. The van der Waals surface area contributed by atoms with Gasteiger partial charge in [0.25, 0.3) is 0 Å². The molecule has 6 heteroatoms. The first kappa shape index (κ1) is 14.3. The highest BCUT2D eigenvalue weighted by atomic mass is 32.2. The van der Waals surface area contributed by atoms with Crippen LogP contribution >= 0.6 is 0 Å². The van der Waals surface area contributed by atoms with Crippen LogP contribution in [0.1, 0.15) is 19.3 Å². The molecule has 106 valence electrons. The van der Waals surface area contributed by atoms with Crippen LogP contribution in [0.15, 0.2) is 29.2 Å². The van der Waals surface area contributed by atoms with Crippen molar-refractivity contribution >= 4 is 15.7 Å². The van der Waals surface area contributed by atoms with Crippen LogP contribution in [0.4, 0.5) is 5.69 Å². The summed E-state index contributed by atoms with van der Waals surface area (Å²) in [7, 11) is -3.49. The molecule has 0 atom stereocenters. The molecular weight excluding hydrogens is 262 g/mol. The summed E-state index contributed by atoms with van der Waals surface area (Å²) in [5, 5.41) is 0. The lowest BCUT2D eigenvalue weighted by atomic mass is 10.1. The fraction of sp³-hybridized carbons (Fsp3) is 0.538. The lowest BCUT2D eigenvalue weighted by Gasteiger charge is -2.26. The average Bonchev–Trinajstić information content (AvgIpc) is 2.40. The van der Waals surface area contributed by atoms with Crippen LogP contribution in [0.3, 0.4) is 0 Å². The van der Waals surface area contributed by atoms with E-state index in [4.69, 9.17) is 5.73 Å². The molecule has 0 aromatic heterocycles. The Bertz CT molecular complexity index is 510. The van der Waals surface area contributed by atoms with E-state index in [0.29, 0.717) is 6.54 Å². The zero-order valence-corrected chi connectivity index (χ0v) is 11.8. The first-order chi connectivity index (χ1) is 9.09. The van der Waals surface area contributed by atoms with Crippen molar-refractivity contribution in [1.82, 2.24) is 9.62 Å². The predicted molar refractivity (Wildman–Crippen MR) is 76.3 cm³/mol. The molecule has 1 aromatic rings. The summed E-state index contributed by atoms with van der Waals surface area (Å²) < 4.78 is 26.8. The topological polar surface area (TPSA) is 75.4 Å². The average molecular weight is 283 g/mol. The molecule has 2 rings (SSSR count). The van der Waals surface area contributed by atoms with E-state index in [2.05, 4.69) is 9.62 Å². The second-order valence-electron chi connectivity index (χ2n) is 4.84. The van der Waals surface area contributed by atoms with Gasteiger partial charge in [-0.2, -0.15) is 0 Å². The zero-order valence-electron chi connectivity index (χ0n) is 11.0. The van der Waals surface area contributed by atoms with Gasteiger partial charge in [-0.1, -0.05) is 18.6 Å². The molecule has 0 saturated carbocycles. The fourth-order valence-corrected chi connectivity index (χ4v) is 3.48. The number of nitrogens with one attached hydrogen (secondary N) is 1. The minimum absolute atomic E-state index is 0.161. The molecule has 1 aliphatic heterocycles. The summed E-state index contributed by atoms with van der Waals surface area (Å²) >= 11 is 0. The van der Waals surface area contributed by atoms with Gasteiger partial charge in [-0.15, -0.1) is 0 Å². The van der Waals surface area contributed by atoms with Crippen LogP contribution in [-0.2, 0) is 10.0 Å². The van der Waals surface area contributed by atoms with Crippen molar-refractivity contribution in [3.63, 3.8) is 0 Å². The Morgan fingerprint density at radius 3 is 2.53 bits per heavy atom. The second-order valence-corrected chi connectivity index (χ2v) is 6.57. The number of sulfonamides is 1. The molecule has 1 heterocycles. The van der Waals surface area contributed by atoms with E-state index in [1.165, 1.54) is 25.3 Å². The molecule has 0 bridgehead atoms. The largest absolute Gasteiger partial charge is 0.398 e. The molecule has 0 aliphatic carbocycles. The van der Waals surface area contributed by atoms with Crippen molar-refractivity contribution < 1.29 is 8.42 Å². The summed E-state index contributed by atoms with van der Waals surface area (Å²) in [5.41, 5.74) is 5.98. The number of para-hydroxylation sites is 1. The van der Waals surface area contributed by atoms with Crippen molar-refractivity contribution in [1.29, 1.82) is 0 Å². The SMILES string of the molecule is Nc1ccccc1S(=O)(=O)NCCN1CCCCC1. The third-order valence-corrected chi connectivity index (χ3v) is 4.91. The minimum Gasteiger partial charge on any atom is -0.398 e. The van der Waals surface area contributed by atoms with E-state index < -0.39 is 10.0 Å². The van der Waals surface area contributed by atoms with Crippen LogP contribution in [0.25, 0.3) is 0 Å². The molecule has 1 aromatic carbocycles. The van der Waals surface area contributed by atoms with Gasteiger partial charge in [0.2, 0.25) is 10.0 Å². The lowest BCUT2D eigenvalue weighted by Crippen LogP contribution is -2.37. The van der Waals surface area contributed by atoms with E-state index in [-0.39, 0.29) is 10.6 Å². The number of piperidine rings is 1. The maximum atomic E-state index is 12.1. The Balaban J connectivity index is 1.89. The number of anilines is 1. The van der Waals surface area contributed by atoms with E-state index in [0.717, 1.165) is 19.6 Å². The van der Waals surface area contributed by atoms with Crippen LogP contribution < -0.4 is 10.5 Å². The van der Waals surface area contributed by atoms with Crippen molar-refractivity contribution in [2.24, 2.45) is 0 Å². The Kier molecular flexibility index (Phi) is 4.79. The molecule has 19 heavy (non-hydrogen) atoms. The maximum Gasteiger partial charge on any atom is 0.242 e. The highest BCUT2D eigenvalue weighted by Crippen LogP contribution is 2.16. The van der Waals surface area contributed by atoms with Gasteiger partial charge in [0.15, 0.2) is 0 Å². The molecular formula is C13H21N3O2S. The minimum atomic E-state index is -3.49. The highest BCUT2D eigenvalue weighted by molar-refractivity contribution is 7.89. The van der Waals surface area contributed by atoms with Gasteiger partial charge < -0.3 is 10.6 Å². The summed E-state index contributed by atoms with van der Waals surface area (Å²) in [4.78, 5) is 2.45. The number of hydrogen-bond acceptors (Lipinski definition) is 4. The summed E-state index contributed by atoms with van der Waals surface area (Å²) in [6, 6.07) is 6.52.